The lowest BCUT2D eigenvalue weighted by molar-refractivity contribution is 0.00278. The van der Waals surface area contributed by atoms with E-state index in [1.165, 1.54) is 0 Å². The average Bonchev–Trinajstić information content (AvgIpc) is 3.31. The predicted molar refractivity (Wildman–Crippen MR) is 96.6 cm³/mol. The van der Waals surface area contributed by atoms with Crippen LogP contribution in [0.25, 0.3) is 11.3 Å². The van der Waals surface area contributed by atoms with Gasteiger partial charge in [0.1, 0.15) is 23.2 Å². The van der Waals surface area contributed by atoms with Gasteiger partial charge in [-0.2, -0.15) is 0 Å². The third kappa shape index (κ3) is 3.73. The smallest absolute Gasteiger partial charge is 0.135 e. The normalized spacial score (nSPS) is 16.6. The lowest BCUT2D eigenvalue weighted by Crippen LogP contribution is -2.35. The number of rotatable bonds is 6. The molecule has 0 amide bonds. The summed E-state index contributed by atoms with van der Waals surface area (Å²) in [6, 6.07) is 7.97. The van der Waals surface area contributed by atoms with E-state index in [4.69, 9.17) is 14.5 Å². The van der Waals surface area contributed by atoms with Crippen LogP contribution >= 0.6 is 11.3 Å². The molecule has 7 heteroatoms. The van der Waals surface area contributed by atoms with Crippen LogP contribution in [0.15, 0.2) is 42.0 Å². The number of ether oxygens (including phenoxy) is 2. The van der Waals surface area contributed by atoms with Crippen molar-refractivity contribution in [1.29, 1.82) is 0 Å². The molecule has 4 rings (SSSR count). The summed E-state index contributed by atoms with van der Waals surface area (Å²) in [6.45, 7) is 2.93. The Balaban J connectivity index is 1.38. The summed E-state index contributed by atoms with van der Waals surface area (Å²) in [5, 5.41) is 6.51. The molecule has 0 saturated heterocycles. The molecule has 2 aromatic heterocycles. The van der Waals surface area contributed by atoms with Gasteiger partial charge in [0, 0.05) is 36.4 Å². The highest BCUT2D eigenvalue weighted by Gasteiger charge is 2.21. The first-order valence-corrected chi connectivity index (χ1v) is 9.11. The SMILES string of the molecule is COc1ccc(-c2cn3c(n2)COC(CNCc2nccs2)C3)cc1. The molecule has 1 aliphatic rings. The summed E-state index contributed by atoms with van der Waals surface area (Å²) in [7, 11) is 1.67. The Morgan fingerprint density at radius 3 is 3.00 bits per heavy atom. The van der Waals surface area contributed by atoms with Gasteiger partial charge in [-0.25, -0.2) is 9.97 Å². The quantitative estimate of drug-likeness (QED) is 0.736. The van der Waals surface area contributed by atoms with Gasteiger partial charge in [0.15, 0.2) is 0 Å². The van der Waals surface area contributed by atoms with E-state index in [2.05, 4.69) is 21.1 Å². The van der Waals surface area contributed by atoms with Crippen LogP contribution < -0.4 is 10.1 Å². The summed E-state index contributed by atoms with van der Waals surface area (Å²) < 4.78 is 13.3. The number of fused-ring (bicyclic) bond motifs is 1. The molecule has 0 saturated carbocycles. The molecular weight excluding hydrogens is 336 g/mol. The molecule has 0 bridgehead atoms. The van der Waals surface area contributed by atoms with Crippen molar-refractivity contribution in [2.45, 2.75) is 25.8 Å². The monoisotopic (exact) mass is 356 g/mol. The van der Waals surface area contributed by atoms with E-state index in [0.29, 0.717) is 6.61 Å². The molecule has 1 N–H and O–H groups in total. The zero-order valence-electron chi connectivity index (χ0n) is 14.0. The second-order valence-corrected chi connectivity index (χ2v) is 6.89. The van der Waals surface area contributed by atoms with Crippen molar-refractivity contribution in [3.8, 4) is 17.0 Å². The molecule has 3 heterocycles. The zero-order valence-corrected chi connectivity index (χ0v) is 14.8. The molecule has 6 nitrogen and oxygen atoms in total. The molecule has 1 unspecified atom stereocenters. The molecule has 130 valence electrons. The zero-order chi connectivity index (χ0) is 17.1. The van der Waals surface area contributed by atoms with E-state index < -0.39 is 0 Å². The van der Waals surface area contributed by atoms with Crippen molar-refractivity contribution in [3.63, 3.8) is 0 Å². The van der Waals surface area contributed by atoms with Crippen LogP contribution in [-0.4, -0.2) is 34.3 Å². The van der Waals surface area contributed by atoms with Crippen LogP contribution in [0.3, 0.4) is 0 Å². The fourth-order valence-corrected chi connectivity index (χ4v) is 3.48. The largest absolute Gasteiger partial charge is 0.497 e. The Labute approximate surface area is 150 Å². The van der Waals surface area contributed by atoms with Crippen LogP contribution in [0.4, 0.5) is 0 Å². The van der Waals surface area contributed by atoms with Gasteiger partial charge in [-0.15, -0.1) is 11.3 Å². The number of imidazole rings is 1. The van der Waals surface area contributed by atoms with Crippen molar-refractivity contribution < 1.29 is 9.47 Å². The maximum absolute atomic E-state index is 5.93. The van der Waals surface area contributed by atoms with Crippen LogP contribution in [0, 0.1) is 0 Å². The Morgan fingerprint density at radius 1 is 1.36 bits per heavy atom. The number of hydrogen-bond donors (Lipinski definition) is 1. The van der Waals surface area contributed by atoms with E-state index in [1.54, 1.807) is 18.4 Å². The third-order valence-electron chi connectivity index (χ3n) is 4.23. The highest BCUT2D eigenvalue weighted by molar-refractivity contribution is 7.09. The minimum atomic E-state index is 0.144. The van der Waals surface area contributed by atoms with Crippen LogP contribution in [0.2, 0.25) is 0 Å². The number of aromatic nitrogens is 3. The van der Waals surface area contributed by atoms with Gasteiger partial charge in [-0.05, 0) is 24.3 Å². The molecule has 1 aromatic carbocycles. The van der Waals surface area contributed by atoms with Gasteiger partial charge >= 0.3 is 0 Å². The highest BCUT2D eigenvalue weighted by Crippen LogP contribution is 2.24. The lowest BCUT2D eigenvalue weighted by Gasteiger charge is -2.24. The first-order chi connectivity index (χ1) is 12.3. The molecule has 0 fully saturated rings. The maximum Gasteiger partial charge on any atom is 0.135 e. The van der Waals surface area contributed by atoms with Crippen LogP contribution in [0.1, 0.15) is 10.8 Å². The first-order valence-electron chi connectivity index (χ1n) is 8.23. The highest BCUT2D eigenvalue weighted by atomic mass is 32.1. The summed E-state index contributed by atoms with van der Waals surface area (Å²) in [6.07, 6.45) is 4.08. The number of hydrogen-bond acceptors (Lipinski definition) is 6. The van der Waals surface area contributed by atoms with Crippen LogP contribution in [-0.2, 0) is 24.4 Å². The molecule has 0 spiro atoms. The molecule has 0 radical (unpaired) electrons. The summed E-state index contributed by atoms with van der Waals surface area (Å²) in [5.41, 5.74) is 2.05. The summed E-state index contributed by atoms with van der Waals surface area (Å²) >= 11 is 1.66. The first kappa shape index (κ1) is 16.3. The Morgan fingerprint density at radius 2 is 2.24 bits per heavy atom. The van der Waals surface area contributed by atoms with Crippen LogP contribution in [0.5, 0.6) is 5.75 Å². The van der Waals surface area contributed by atoms with Gasteiger partial charge in [-0.1, -0.05) is 0 Å². The van der Waals surface area contributed by atoms with Gasteiger partial charge in [-0.3, -0.25) is 0 Å². The lowest BCUT2D eigenvalue weighted by atomic mass is 10.2. The third-order valence-corrected chi connectivity index (χ3v) is 5.00. The van der Waals surface area contributed by atoms with E-state index in [9.17, 15) is 0 Å². The molecule has 1 aliphatic heterocycles. The topological polar surface area (TPSA) is 61.2 Å². The van der Waals surface area contributed by atoms with E-state index in [-0.39, 0.29) is 6.10 Å². The van der Waals surface area contributed by atoms with Crippen molar-refractivity contribution in [3.05, 3.63) is 52.9 Å². The molecule has 25 heavy (non-hydrogen) atoms. The number of nitrogens with zero attached hydrogens (tertiary/aromatic N) is 3. The Kier molecular flexibility index (Phi) is 4.78. The number of benzene rings is 1. The number of thiazole rings is 1. The average molecular weight is 356 g/mol. The van der Waals surface area contributed by atoms with Crippen molar-refractivity contribution in [2.24, 2.45) is 0 Å². The number of methoxy groups -OCH3 is 1. The van der Waals surface area contributed by atoms with Gasteiger partial charge < -0.3 is 19.4 Å². The van der Waals surface area contributed by atoms with E-state index >= 15 is 0 Å². The minimum Gasteiger partial charge on any atom is -0.497 e. The van der Waals surface area contributed by atoms with Crippen molar-refractivity contribution >= 4 is 11.3 Å². The second-order valence-electron chi connectivity index (χ2n) is 5.91. The summed E-state index contributed by atoms with van der Waals surface area (Å²) in [5.74, 6) is 1.82. The van der Waals surface area contributed by atoms with Crippen molar-refractivity contribution in [2.75, 3.05) is 13.7 Å². The molecule has 1 atom stereocenters. The fourth-order valence-electron chi connectivity index (χ4n) is 2.90. The standard InChI is InChI=1S/C18H20N4O2S/c1-23-14-4-2-13(3-5-14)16-11-22-10-15(24-12-17(22)21-16)8-19-9-18-20-6-7-25-18/h2-7,11,15,19H,8-10,12H2,1H3. The van der Waals surface area contributed by atoms with Gasteiger partial charge in [0.25, 0.3) is 0 Å². The molecular formula is C18H20N4O2S. The number of nitrogens with one attached hydrogen (secondary N) is 1. The Bertz CT molecular complexity index is 814. The summed E-state index contributed by atoms with van der Waals surface area (Å²) in [4.78, 5) is 8.98. The predicted octanol–water partition coefficient (Wildman–Crippen LogP) is 2.70. The van der Waals surface area contributed by atoms with E-state index in [1.807, 2.05) is 35.8 Å². The molecule has 3 aromatic rings. The van der Waals surface area contributed by atoms with Crippen molar-refractivity contribution in [1.82, 2.24) is 19.9 Å². The maximum atomic E-state index is 5.93. The minimum absolute atomic E-state index is 0.144. The Hall–Kier alpha value is -2.22. The molecule has 0 aliphatic carbocycles. The van der Waals surface area contributed by atoms with E-state index in [0.717, 1.165) is 47.5 Å². The van der Waals surface area contributed by atoms with Gasteiger partial charge in [0.05, 0.1) is 25.5 Å². The fraction of sp³-hybridized carbons (Fsp3) is 0.333. The van der Waals surface area contributed by atoms with Gasteiger partial charge in [0.2, 0.25) is 0 Å². The second kappa shape index (κ2) is 7.35.